The van der Waals surface area contributed by atoms with E-state index in [1.807, 2.05) is 12.1 Å². The lowest BCUT2D eigenvalue weighted by Gasteiger charge is -2.16. The molecule has 1 fully saturated rings. The molecule has 0 saturated carbocycles. The highest BCUT2D eigenvalue weighted by Crippen LogP contribution is 2.21. The Morgan fingerprint density at radius 2 is 2.17 bits per heavy atom. The second-order valence-electron chi connectivity index (χ2n) is 7.26. The number of anilines is 1. The second-order valence-corrected chi connectivity index (χ2v) is 8.21. The normalized spacial score (nSPS) is 16.1. The first-order valence-corrected chi connectivity index (χ1v) is 10.8. The zero-order chi connectivity index (χ0) is 21.1. The van der Waals surface area contributed by atoms with E-state index in [-0.39, 0.29) is 29.1 Å². The van der Waals surface area contributed by atoms with Gasteiger partial charge >= 0.3 is 0 Å². The number of halogens is 1. The summed E-state index contributed by atoms with van der Waals surface area (Å²) >= 11 is 1.18. The molecule has 0 bridgehead atoms. The summed E-state index contributed by atoms with van der Waals surface area (Å²) in [4.78, 5) is 30.1. The van der Waals surface area contributed by atoms with Crippen LogP contribution in [0.4, 0.5) is 10.1 Å². The number of hydrogen-bond donors (Lipinski definition) is 1. The number of carbonyl (C=O) groups excluding carboxylic acids is 1. The van der Waals surface area contributed by atoms with Gasteiger partial charge in [-0.05, 0) is 49.6 Å². The number of hydrogen-bond acceptors (Lipinski definition) is 5. The van der Waals surface area contributed by atoms with Crippen LogP contribution in [0, 0.1) is 12.7 Å². The summed E-state index contributed by atoms with van der Waals surface area (Å²) in [7, 11) is 0. The molecule has 0 aliphatic carbocycles. The van der Waals surface area contributed by atoms with Gasteiger partial charge in [0.15, 0.2) is 5.16 Å². The van der Waals surface area contributed by atoms with Crippen molar-refractivity contribution in [1.82, 2.24) is 9.55 Å². The average molecular weight is 428 g/mol. The second kappa shape index (κ2) is 8.97. The Bertz CT molecular complexity index is 1140. The van der Waals surface area contributed by atoms with Gasteiger partial charge in [-0.1, -0.05) is 30.0 Å². The number of benzene rings is 2. The number of thioether (sulfide) groups is 1. The SMILES string of the molecule is Cc1ccc(NC(=O)CSc2nc3ccccc3c(=O)n2CC2CCCO2)cc1F. The third-order valence-electron chi connectivity index (χ3n) is 5.02. The van der Waals surface area contributed by atoms with Gasteiger partial charge in [0, 0.05) is 12.3 Å². The van der Waals surface area contributed by atoms with E-state index in [1.165, 1.54) is 17.8 Å². The van der Waals surface area contributed by atoms with Gasteiger partial charge in [-0.2, -0.15) is 0 Å². The van der Waals surface area contributed by atoms with Gasteiger partial charge in [-0.3, -0.25) is 14.2 Å². The van der Waals surface area contributed by atoms with Crippen LogP contribution in [0.2, 0.25) is 0 Å². The van der Waals surface area contributed by atoms with Crippen molar-refractivity contribution >= 4 is 34.3 Å². The lowest BCUT2D eigenvalue weighted by atomic mass is 10.2. The number of nitrogens with zero attached hydrogens (tertiary/aromatic N) is 2. The highest BCUT2D eigenvalue weighted by molar-refractivity contribution is 7.99. The molecule has 1 aliphatic rings. The van der Waals surface area contributed by atoms with Crippen LogP contribution in [0.15, 0.2) is 52.4 Å². The maximum Gasteiger partial charge on any atom is 0.262 e. The van der Waals surface area contributed by atoms with E-state index in [9.17, 15) is 14.0 Å². The van der Waals surface area contributed by atoms with Crippen molar-refractivity contribution in [2.24, 2.45) is 0 Å². The van der Waals surface area contributed by atoms with Crippen LogP contribution in [0.1, 0.15) is 18.4 Å². The molecule has 1 N–H and O–H groups in total. The van der Waals surface area contributed by atoms with Gasteiger partial charge in [0.25, 0.3) is 5.56 Å². The Kier molecular flexibility index (Phi) is 6.15. The number of nitrogens with one attached hydrogen (secondary N) is 1. The smallest absolute Gasteiger partial charge is 0.262 e. The van der Waals surface area contributed by atoms with E-state index >= 15 is 0 Å². The van der Waals surface area contributed by atoms with Gasteiger partial charge in [0.2, 0.25) is 5.91 Å². The lowest BCUT2D eigenvalue weighted by molar-refractivity contribution is -0.113. The maximum absolute atomic E-state index is 13.7. The molecule has 156 valence electrons. The number of amides is 1. The number of fused-ring (bicyclic) bond motifs is 1. The van der Waals surface area contributed by atoms with Gasteiger partial charge in [0.1, 0.15) is 5.82 Å². The predicted octanol–water partition coefficient (Wildman–Crippen LogP) is 3.75. The first kappa shape index (κ1) is 20.6. The van der Waals surface area contributed by atoms with Crippen LogP contribution in [0.5, 0.6) is 0 Å². The molecule has 0 spiro atoms. The van der Waals surface area contributed by atoms with Crippen LogP contribution in [0.3, 0.4) is 0 Å². The van der Waals surface area contributed by atoms with E-state index in [0.29, 0.717) is 40.5 Å². The summed E-state index contributed by atoms with van der Waals surface area (Å²) in [6.45, 7) is 2.76. The maximum atomic E-state index is 13.7. The van der Waals surface area contributed by atoms with Crippen molar-refractivity contribution < 1.29 is 13.9 Å². The monoisotopic (exact) mass is 427 g/mol. The highest BCUT2D eigenvalue weighted by atomic mass is 32.2. The summed E-state index contributed by atoms with van der Waals surface area (Å²) in [5.74, 6) is -0.623. The van der Waals surface area contributed by atoms with Crippen molar-refractivity contribution in [2.45, 2.75) is 37.6 Å². The molecular weight excluding hydrogens is 405 g/mol. The standard InChI is InChI=1S/C22H22FN3O3S/c1-14-8-9-15(11-18(14)23)24-20(27)13-30-22-25-19-7-3-2-6-17(19)21(28)26(22)12-16-5-4-10-29-16/h2-3,6-9,11,16H,4-5,10,12-13H2,1H3,(H,24,27). The Hall–Kier alpha value is -2.71. The van der Waals surface area contributed by atoms with E-state index in [4.69, 9.17) is 4.74 Å². The van der Waals surface area contributed by atoms with E-state index in [1.54, 1.807) is 35.8 Å². The van der Waals surface area contributed by atoms with Crippen LogP contribution >= 0.6 is 11.8 Å². The fourth-order valence-corrected chi connectivity index (χ4v) is 4.22. The third-order valence-corrected chi connectivity index (χ3v) is 6.00. The Labute approximate surface area is 177 Å². The summed E-state index contributed by atoms with van der Waals surface area (Å²) in [5.41, 5.74) is 1.36. The summed E-state index contributed by atoms with van der Waals surface area (Å²) < 4.78 is 21.0. The molecule has 0 radical (unpaired) electrons. The van der Waals surface area contributed by atoms with Crippen molar-refractivity contribution in [1.29, 1.82) is 0 Å². The Morgan fingerprint density at radius 1 is 1.33 bits per heavy atom. The number of aromatic nitrogens is 2. The van der Waals surface area contributed by atoms with Crippen molar-refractivity contribution in [3.8, 4) is 0 Å². The molecule has 30 heavy (non-hydrogen) atoms. The molecule has 1 amide bonds. The van der Waals surface area contributed by atoms with Crippen LogP contribution in [0.25, 0.3) is 10.9 Å². The minimum atomic E-state index is -0.373. The average Bonchev–Trinajstić information content (AvgIpc) is 3.25. The summed E-state index contributed by atoms with van der Waals surface area (Å²) in [6.07, 6.45) is 1.83. The topological polar surface area (TPSA) is 73.2 Å². The highest BCUT2D eigenvalue weighted by Gasteiger charge is 2.20. The number of para-hydroxylation sites is 1. The number of carbonyl (C=O) groups is 1. The first-order valence-electron chi connectivity index (χ1n) is 9.81. The fourth-order valence-electron chi connectivity index (χ4n) is 3.41. The van der Waals surface area contributed by atoms with Crippen molar-refractivity contribution in [3.63, 3.8) is 0 Å². The summed E-state index contributed by atoms with van der Waals surface area (Å²) in [5, 5.41) is 3.70. The van der Waals surface area contributed by atoms with Gasteiger partial charge in [0.05, 0.1) is 29.3 Å². The van der Waals surface area contributed by atoms with E-state index in [2.05, 4.69) is 10.3 Å². The van der Waals surface area contributed by atoms with Crippen molar-refractivity contribution in [3.05, 3.63) is 64.2 Å². The largest absolute Gasteiger partial charge is 0.376 e. The van der Waals surface area contributed by atoms with Crippen molar-refractivity contribution in [2.75, 3.05) is 17.7 Å². The fraction of sp³-hybridized carbons (Fsp3) is 0.318. The Balaban J connectivity index is 1.55. The molecule has 3 aromatic rings. The van der Waals surface area contributed by atoms with Crippen LogP contribution in [-0.2, 0) is 16.1 Å². The molecule has 1 aliphatic heterocycles. The van der Waals surface area contributed by atoms with Crippen LogP contribution < -0.4 is 10.9 Å². The third kappa shape index (κ3) is 4.55. The molecule has 1 atom stereocenters. The predicted molar refractivity (Wildman–Crippen MR) is 115 cm³/mol. The molecule has 1 aromatic heterocycles. The van der Waals surface area contributed by atoms with Crippen LogP contribution in [-0.4, -0.2) is 33.9 Å². The minimum absolute atomic E-state index is 0.0330. The summed E-state index contributed by atoms with van der Waals surface area (Å²) in [6, 6.07) is 11.7. The van der Waals surface area contributed by atoms with Gasteiger partial charge in [-0.15, -0.1) is 0 Å². The molecule has 4 rings (SSSR count). The minimum Gasteiger partial charge on any atom is -0.376 e. The molecule has 1 unspecified atom stereocenters. The Morgan fingerprint density at radius 3 is 2.93 bits per heavy atom. The molecule has 6 nitrogen and oxygen atoms in total. The molecule has 8 heteroatoms. The molecule has 2 aromatic carbocycles. The lowest BCUT2D eigenvalue weighted by Crippen LogP contribution is -2.29. The quantitative estimate of drug-likeness (QED) is 0.479. The molecular formula is C22H22FN3O3S. The number of rotatable bonds is 6. The molecule has 2 heterocycles. The van der Waals surface area contributed by atoms with Gasteiger partial charge in [-0.25, -0.2) is 9.37 Å². The first-order chi connectivity index (χ1) is 14.5. The zero-order valence-electron chi connectivity index (χ0n) is 16.6. The van der Waals surface area contributed by atoms with E-state index < -0.39 is 0 Å². The molecule has 1 saturated heterocycles. The zero-order valence-corrected chi connectivity index (χ0v) is 17.4. The van der Waals surface area contributed by atoms with E-state index in [0.717, 1.165) is 12.8 Å². The number of aryl methyl sites for hydroxylation is 1. The van der Waals surface area contributed by atoms with Gasteiger partial charge < -0.3 is 10.1 Å². The number of ether oxygens (including phenoxy) is 1.